The fourth-order valence-electron chi connectivity index (χ4n) is 2.52. The lowest BCUT2D eigenvalue weighted by atomic mass is 10.00. The number of piperidine rings is 1. The van der Waals surface area contributed by atoms with Crippen molar-refractivity contribution in [1.29, 1.82) is 0 Å². The predicted molar refractivity (Wildman–Crippen MR) is 75.1 cm³/mol. The Balaban J connectivity index is 2.47. The van der Waals surface area contributed by atoms with Gasteiger partial charge in [-0.1, -0.05) is 24.9 Å². The lowest BCUT2D eigenvalue weighted by molar-refractivity contribution is -0.123. The van der Waals surface area contributed by atoms with E-state index >= 15 is 0 Å². The lowest BCUT2D eigenvalue weighted by Crippen LogP contribution is -2.47. The summed E-state index contributed by atoms with van der Waals surface area (Å²) in [5.74, 6) is -0.670. The molecule has 6 heteroatoms. The van der Waals surface area contributed by atoms with Gasteiger partial charge in [0.15, 0.2) is 5.84 Å². The van der Waals surface area contributed by atoms with Gasteiger partial charge < -0.3 is 21.2 Å². The Morgan fingerprint density at radius 2 is 2.32 bits per heavy atom. The lowest BCUT2D eigenvalue weighted by Gasteiger charge is -2.32. The van der Waals surface area contributed by atoms with Crippen molar-refractivity contribution in [3.63, 3.8) is 0 Å². The van der Waals surface area contributed by atoms with E-state index in [0.717, 1.165) is 19.4 Å². The van der Waals surface area contributed by atoms with Gasteiger partial charge in [-0.3, -0.25) is 4.79 Å². The highest BCUT2D eigenvalue weighted by Gasteiger charge is 2.24. The summed E-state index contributed by atoms with van der Waals surface area (Å²) in [5.41, 5.74) is 5.57. The Hall–Kier alpha value is -1.30. The number of carbonyl (C=O) groups is 1. The van der Waals surface area contributed by atoms with Crippen LogP contribution in [0.25, 0.3) is 0 Å². The molecule has 1 aliphatic heterocycles. The van der Waals surface area contributed by atoms with E-state index in [1.54, 1.807) is 0 Å². The van der Waals surface area contributed by atoms with E-state index in [1.165, 1.54) is 12.8 Å². The van der Waals surface area contributed by atoms with Crippen LogP contribution >= 0.6 is 0 Å². The van der Waals surface area contributed by atoms with Crippen molar-refractivity contribution in [2.75, 3.05) is 20.1 Å². The van der Waals surface area contributed by atoms with Gasteiger partial charge in [0.25, 0.3) is 0 Å². The minimum absolute atomic E-state index is 0.00338. The zero-order valence-corrected chi connectivity index (χ0v) is 11.9. The Morgan fingerprint density at radius 3 is 2.89 bits per heavy atom. The summed E-state index contributed by atoms with van der Waals surface area (Å²) in [7, 11) is 2.09. The van der Waals surface area contributed by atoms with Crippen LogP contribution in [0.3, 0.4) is 0 Å². The first-order valence-electron chi connectivity index (χ1n) is 7.05. The molecule has 0 radical (unpaired) electrons. The first-order valence-corrected chi connectivity index (χ1v) is 7.05. The highest BCUT2D eigenvalue weighted by atomic mass is 16.4. The number of hydrogen-bond acceptors (Lipinski definition) is 4. The molecule has 110 valence electrons. The van der Waals surface area contributed by atoms with Gasteiger partial charge in [-0.2, -0.15) is 0 Å². The van der Waals surface area contributed by atoms with Crippen LogP contribution in [0.4, 0.5) is 0 Å². The van der Waals surface area contributed by atoms with Gasteiger partial charge in [0, 0.05) is 12.6 Å². The van der Waals surface area contributed by atoms with Crippen LogP contribution in [0.15, 0.2) is 5.16 Å². The van der Waals surface area contributed by atoms with Crippen LogP contribution in [-0.4, -0.2) is 48.0 Å². The third-order valence-electron chi connectivity index (χ3n) is 3.80. The van der Waals surface area contributed by atoms with Crippen LogP contribution in [-0.2, 0) is 4.79 Å². The standard InChI is InChI=1S/C13H26N4O2/c1-3-6-11(12(14)16-19)13(18)15-9-10-7-4-5-8-17(10)2/h10-11,19H,3-9H2,1-2H3,(H2,14,16)(H,15,18). The Kier molecular flexibility index (Phi) is 6.62. The van der Waals surface area contributed by atoms with Gasteiger partial charge >= 0.3 is 0 Å². The molecule has 0 aliphatic carbocycles. The number of hydrogen-bond donors (Lipinski definition) is 3. The molecule has 4 N–H and O–H groups in total. The average molecular weight is 270 g/mol. The van der Waals surface area contributed by atoms with E-state index in [1.807, 2.05) is 6.92 Å². The first kappa shape index (κ1) is 15.8. The second-order valence-corrected chi connectivity index (χ2v) is 5.24. The Labute approximate surface area is 115 Å². The van der Waals surface area contributed by atoms with Crippen LogP contribution < -0.4 is 11.1 Å². The molecule has 0 bridgehead atoms. The first-order chi connectivity index (χ1) is 9.10. The van der Waals surface area contributed by atoms with Gasteiger partial charge in [-0.05, 0) is 32.9 Å². The fraction of sp³-hybridized carbons (Fsp3) is 0.846. The van der Waals surface area contributed by atoms with E-state index < -0.39 is 5.92 Å². The number of amides is 1. The van der Waals surface area contributed by atoms with E-state index in [2.05, 4.69) is 22.4 Å². The number of oxime groups is 1. The fourth-order valence-corrected chi connectivity index (χ4v) is 2.52. The van der Waals surface area contributed by atoms with Crippen molar-refractivity contribution < 1.29 is 10.0 Å². The molecule has 1 fully saturated rings. The number of likely N-dealkylation sites (N-methyl/N-ethyl adjacent to an activating group) is 1. The molecular formula is C13H26N4O2. The number of amidine groups is 1. The molecule has 6 nitrogen and oxygen atoms in total. The second-order valence-electron chi connectivity index (χ2n) is 5.24. The number of carbonyl (C=O) groups excluding carboxylic acids is 1. The van der Waals surface area contributed by atoms with Crippen molar-refractivity contribution in [2.24, 2.45) is 16.8 Å². The van der Waals surface area contributed by atoms with E-state index in [4.69, 9.17) is 10.9 Å². The molecule has 2 unspecified atom stereocenters. The quantitative estimate of drug-likeness (QED) is 0.287. The summed E-state index contributed by atoms with van der Waals surface area (Å²) in [5, 5.41) is 14.6. The summed E-state index contributed by atoms with van der Waals surface area (Å²) in [6.45, 7) is 3.69. The average Bonchev–Trinajstić information content (AvgIpc) is 2.42. The molecule has 1 heterocycles. The van der Waals surface area contributed by atoms with Gasteiger partial charge in [0.2, 0.25) is 5.91 Å². The highest BCUT2D eigenvalue weighted by molar-refractivity contribution is 6.02. The Morgan fingerprint density at radius 1 is 1.58 bits per heavy atom. The second kappa shape index (κ2) is 7.99. The maximum atomic E-state index is 12.1. The predicted octanol–water partition coefficient (Wildman–Crippen LogP) is 0.750. The molecule has 1 amide bonds. The van der Waals surface area contributed by atoms with Gasteiger partial charge in [-0.25, -0.2) is 0 Å². The molecule has 0 spiro atoms. The molecule has 1 saturated heterocycles. The number of nitrogens with two attached hydrogens (primary N) is 1. The number of rotatable bonds is 6. The molecule has 0 aromatic rings. The largest absolute Gasteiger partial charge is 0.409 e. The highest BCUT2D eigenvalue weighted by Crippen LogP contribution is 2.14. The Bertz CT molecular complexity index is 320. The van der Waals surface area contributed by atoms with Crippen molar-refractivity contribution in [3.05, 3.63) is 0 Å². The number of likely N-dealkylation sites (tertiary alicyclic amines) is 1. The normalized spacial score (nSPS) is 23.1. The molecule has 0 saturated carbocycles. The molecule has 1 rings (SSSR count). The van der Waals surface area contributed by atoms with Crippen molar-refractivity contribution in [3.8, 4) is 0 Å². The molecule has 1 aliphatic rings. The molecule has 0 aromatic carbocycles. The third-order valence-corrected chi connectivity index (χ3v) is 3.80. The minimum atomic E-state index is -0.524. The van der Waals surface area contributed by atoms with Crippen molar-refractivity contribution >= 4 is 11.7 Å². The molecule has 19 heavy (non-hydrogen) atoms. The minimum Gasteiger partial charge on any atom is -0.409 e. The zero-order chi connectivity index (χ0) is 14.3. The van der Waals surface area contributed by atoms with Crippen LogP contribution in [0.5, 0.6) is 0 Å². The van der Waals surface area contributed by atoms with Crippen molar-refractivity contribution in [2.45, 2.75) is 45.1 Å². The van der Waals surface area contributed by atoms with Crippen LogP contribution in [0, 0.1) is 5.92 Å². The summed E-state index contributed by atoms with van der Waals surface area (Å²) in [6.07, 6.45) is 4.96. The monoisotopic (exact) mass is 270 g/mol. The van der Waals surface area contributed by atoms with Gasteiger partial charge in [-0.15, -0.1) is 0 Å². The summed E-state index contributed by atoms with van der Waals surface area (Å²) in [6, 6.07) is 0.396. The van der Waals surface area contributed by atoms with Gasteiger partial charge in [0.1, 0.15) is 0 Å². The van der Waals surface area contributed by atoms with E-state index in [0.29, 0.717) is 19.0 Å². The van der Waals surface area contributed by atoms with Crippen molar-refractivity contribution in [1.82, 2.24) is 10.2 Å². The van der Waals surface area contributed by atoms with Gasteiger partial charge in [0.05, 0.1) is 5.92 Å². The molecule has 2 atom stereocenters. The SMILES string of the molecule is CCCC(C(=O)NCC1CCCCN1C)C(N)=NO. The van der Waals surface area contributed by atoms with Crippen LogP contribution in [0.1, 0.15) is 39.0 Å². The summed E-state index contributed by atoms with van der Waals surface area (Å²) in [4.78, 5) is 14.4. The molecule has 0 aromatic heterocycles. The topological polar surface area (TPSA) is 91.0 Å². The third kappa shape index (κ3) is 4.70. The maximum absolute atomic E-state index is 12.1. The summed E-state index contributed by atoms with van der Waals surface area (Å²) < 4.78 is 0. The maximum Gasteiger partial charge on any atom is 0.230 e. The number of nitrogens with one attached hydrogen (secondary N) is 1. The molecular weight excluding hydrogens is 244 g/mol. The zero-order valence-electron chi connectivity index (χ0n) is 11.9. The summed E-state index contributed by atoms with van der Waals surface area (Å²) >= 11 is 0. The van der Waals surface area contributed by atoms with Crippen LogP contribution in [0.2, 0.25) is 0 Å². The number of nitrogens with zero attached hydrogens (tertiary/aromatic N) is 2. The van der Waals surface area contributed by atoms with E-state index in [9.17, 15) is 4.79 Å². The van der Waals surface area contributed by atoms with E-state index in [-0.39, 0.29) is 11.7 Å². The smallest absolute Gasteiger partial charge is 0.230 e.